The molecule has 0 aliphatic heterocycles. The maximum Gasteiger partial charge on any atom is 0.271 e. The van der Waals surface area contributed by atoms with Gasteiger partial charge in [-0.3, -0.25) is 19.7 Å². The second-order valence-corrected chi connectivity index (χ2v) is 9.42. The number of rotatable bonds is 8. The quantitative estimate of drug-likeness (QED) is 0.353. The van der Waals surface area contributed by atoms with Crippen molar-refractivity contribution in [1.82, 2.24) is 15.6 Å². The lowest BCUT2D eigenvalue weighted by Crippen LogP contribution is -2.53. The molecule has 0 spiro atoms. The number of benzene rings is 2. The molecule has 2 aromatic carbocycles. The van der Waals surface area contributed by atoms with Crippen LogP contribution in [0.4, 0.5) is 5.69 Å². The number of carbonyl (C=O) groups excluding carboxylic acids is 2. The highest BCUT2D eigenvalue weighted by molar-refractivity contribution is 7.09. The molecular weight excluding hydrogens is 468 g/mol. The summed E-state index contributed by atoms with van der Waals surface area (Å²) < 4.78 is 5.74. The summed E-state index contributed by atoms with van der Waals surface area (Å²) in [6, 6.07) is 12.8. The van der Waals surface area contributed by atoms with Crippen LogP contribution in [0.5, 0.6) is 5.75 Å². The van der Waals surface area contributed by atoms with Crippen molar-refractivity contribution >= 4 is 28.8 Å². The molecule has 182 valence electrons. The number of non-ortho nitro benzene ring substituents is 1. The van der Waals surface area contributed by atoms with Crippen LogP contribution in [0.25, 0.3) is 0 Å². The van der Waals surface area contributed by atoms with E-state index in [0.717, 1.165) is 30.6 Å². The monoisotopic (exact) mass is 494 g/mol. The molecule has 1 heterocycles. The summed E-state index contributed by atoms with van der Waals surface area (Å²) >= 11 is 1.35. The number of aryl methyl sites for hydroxylation is 1. The van der Waals surface area contributed by atoms with Crippen LogP contribution in [-0.4, -0.2) is 33.8 Å². The van der Waals surface area contributed by atoms with Crippen LogP contribution >= 0.6 is 11.3 Å². The predicted octanol–water partition coefficient (Wildman–Crippen LogP) is 4.41. The van der Waals surface area contributed by atoms with Gasteiger partial charge in [-0.05, 0) is 38.0 Å². The fourth-order valence-electron chi connectivity index (χ4n) is 3.99. The van der Waals surface area contributed by atoms with Gasteiger partial charge in [0.25, 0.3) is 17.5 Å². The second kappa shape index (κ2) is 11.1. The van der Waals surface area contributed by atoms with E-state index in [9.17, 15) is 19.7 Å². The molecule has 1 aromatic heterocycles. The van der Waals surface area contributed by atoms with E-state index in [0.29, 0.717) is 17.1 Å². The van der Waals surface area contributed by atoms with Crippen molar-refractivity contribution in [2.75, 3.05) is 0 Å². The lowest BCUT2D eigenvalue weighted by molar-refractivity contribution is -0.384. The minimum atomic E-state index is -0.533. The van der Waals surface area contributed by atoms with Crippen molar-refractivity contribution < 1.29 is 19.2 Å². The molecule has 1 aliphatic carbocycles. The van der Waals surface area contributed by atoms with E-state index < -0.39 is 10.8 Å². The van der Waals surface area contributed by atoms with Gasteiger partial charge in [-0.2, -0.15) is 0 Å². The molecule has 1 saturated carbocycles. The van der Waals surface area contributed by atoms with E-state index >= 15 is 0 Å². The Labute approximate surface area is 206 Å². The standard InChI is InChI=1S/C25H26N4O5S/c1-16-9-11-19(12-10-16)34-14-23-26-22(15-35-23)25(31)28-21-8-3-2-7-20(21)27-24(30)17-5-4-6-18(13-17)29(32)33/h4-6,9-13,15,20-21H,2-3,7-8,14H2,1H3,(H,27,30)(H,28,31)/t20-,21-/m0/s1. The maximum absolute atomic E-state index is 12.9. The first-order valence-electron chi connectivity index (χ1n) is 11.4. The molecule has 2 N–H and O–H groups in total. The number of nitrogens with one attached hydrogen (secondary N) is 2. The lowest BCUT2D eigenvalue weighted by Gasteiger charge is -2.32. The van der Waals surface area contributed by atoms with Crippen LogP contribution in [0.3, 0.4) is 0 Å². The second-order valence-electron chi connectivity index (χ2n) is 8.48. The van der Waals surface area contributed by atoms with E-state index in [2.05, 4.69) is 15.6 Å². The Hall–Kier alpha value is -3.79. The lowest BCUT2D eigenvalue weighted by atomic mass is 9.90. The van der Waals surface area contributed by atoms with Crippen LogP contribution in [0.2, 0.25) is 0 Å². The van der Waals surface area contributed by atoms with Crippen molar-refractivity contribution in [1.29, 1.82) is 0 Å². The van der Waals surface area contributed by atoms with Crippen LogP contribution in [-0.2, 0) is 6.61 Å². The number of ether oxygens (including phenoxy) is 1. The normalized spacial score (nSPS) is 17.4. The average molecular weight is 495 g/mol. The largest absolute Gasteiger partial charge is 0.486 e. The highest BCUT2D eigenvalue weighted by atomic mass is 32.1. The summed E-state index contributed by atoms with van der Waals surface area (Å²) in [5, 5.41) is 19.3. The zero-order chi connectivity index (χ0) is 24.8. The fraction of sp³-hybridized carbons (Fsp3) is 0.320. The Bertz CT molecular complexity index is 1210. The molecule has 0 bridgehead atoms. The minimum Gasteiger partial charge on any atom is -0.486 e. The molecule has 10 heteroatoms. The van der Waals surface area contributed by atoms with Gasteiger partial charge in [0.1, 0.15) is 23.1 Å². The molecule has 1 fully saturated rings. The van der Waals surface area contributed by atoms with Gasteiger partial charge >= 0.3 is 0 Å². The third-order valence-corrected chi connectivity index (χ3v) is 6.71. The molecule has 2 amide bonds. The number of thiazole rings is 1. The molecule has 35 heavy (non-hydrogen) atoms. The molecule has 9 nitrogen and oxygen atoms in total. The number of nitro groups is 1. The van der Waals surface area contributed by atoms with E-state index in [-0.39, 0.29) is 35.8 Å². The SMILES string of the molecule is Cc1ccc(OCc2nc(C(=O)N[C@H]3CCCC[C@@H]3NC(=O)c3cccc([N+](=O)[O-])c3)cs2)cc1. The summed E-state index contributed by atoms with van der Waals surface area (Å²) in [6.07, 6.45) is 3.28. The van der Waals surface area contributed by atoms with Crippen LogP contribution < -0.4 is 15.4 Å². The Morgan fingerprint density at radius 1 is 1.09 bits per heavy atom. The molecule has 0 unspecified atom stereocenters. The Kier molecular flexibility index (Phi) is 7.71. The van der Waals surface area contributed by atoms with Gasteiger partial charge in [0.15, 0.2) is 0 Å². The van der Waals surface area contributed by atoms with E-state index in [4.69, 9.17) is 4.74 Å². The predicted molar refractivity (Wildman–Crippen MR) is 132 cm³/mol. The Morgan fingerprint density at radius 3 is 2.46 bits per heavy atom. The molecule has 4 rings (SSSR count). The van der Waals surface area contributed by atoms with Gasteiger partial charge in [-0.1, -0.05) is 36.6 Å². The first-order valence-corrected chi connectivity index (χ1v) is 12.3. The third-order valence-electron chi connectivity index (χ3n) is 5.89. The summed E-state index contributed by atoms with van der Waals surface area (Å²) in [7, 11) is 0. The number of hydrogen-bond acceptors (Lipinski definition) is 7. The van der Waals surface area contributed by atoms with Crippen molar-refractivity contribution in [3.05, 3.63) is 85.9 Å². The number of nitrogens with zero attached hydrogens (tertiary/aromatic N) is 2. The Morgan fingerprint density at radius 2 is 1.77 bits per heavy atom. The highest BCUT2D eigenvalue weighted by Crippen LogP contribution is 2.21. The van der Waals surface area contributed by atoms with Gasteiger partial charge in [-0.15, -0.1) is 11.3 Å². The van der Waals surface area contributed by atoms with E-state index in [1.807, 2.05) is 31.2 Å². The van der Waals surface area contributed by atoms with Crippen LogP contribution in [0.15, 0.2) is 53.9 Å². The first-order chi connectivity index (χ1) is 16.9. The number of amides is 2. The Balaban J connectivity index is 1.35. The topological polar surface area (TPSA) is 123 Å². The van der Waals surface area contributed by atoms with Crippen molar-refractivity contribution in [3.8, 4) is 5.75 Å². The number of aromatic nitrogens is 1. The molecule has 1 aliphatic rings. The van der Waals surface area contributed by atoms with E-state index in [1.54, 1.807) is 5.38 Å². The van der Waals surface area contributed by atoms with Crippen LogP contribution in [0, 0.1) is 17.0 Å². The number of hydrogen-bond donors (Lipinski definition) is 2. The summed E-state index contributed by atoms with van der Waals surface area (Å²) in [6.45, 7) is 2.28. The first kappa shape index (κ1) is 24.3. The van der Waals surface area contributed by atoms with Gasteiger partial charge < -0.3 is 15.4 Å². The average Bonchev–Trinajstić information content (AvgIpc) is 3.34. The van der Waals surface area contributed by atoms with Crippen molar-refractivity contribution in [3.63, 3.8) is 0 Å². The van der Waals surface area contributed by atoms with Crippen LogP contribution in [0.1, 0.15) is 57.1 Å². The fourth-order valence-corrected chi connectivity index (χ4v) is 4.68. The third kappa shape index (κ3) is 6.42. The molecule has 0 saturated heterocycles. The maximum atomic E-state index is 12.9. The van der Waals surface area contributed by atoms with Gasteiger partial charge in [0.2, 0.25) is 0 Å². The molecule has 0 radical (unpaired) electrons. The highest BCUT2D eigenvalue weighted by Gasteiger charge is 2.29. The number of carbonyl (C=O) groups is 2. The van der Waals surface area contributed by atoms with Gasteiger partial charge in [-0.25, -0.2) is 4.98 Å². The van der Waals surface area contributed by atoms with Gasteiger partial charge in [0.05, 0.1) is 4.92 Å². The zero-order valence-electron chi connectivity index (χ0n) is 19.2. The van der Waals surface area contributed by atoms with Gasteiger partial charge in [0, 0.05) is 35.2 Å². The molecule has 3 aromatic rings. The zero-order valence-corrected chi connectivity index (χ0v) is 20.0. The smallest absolute Gasteiger partial charge is 0.271 e. The summed E-state index contributed by atoms with van der Waals surface area (Å²) in [5.74, 6) is 0.0368. The number of nitro benzene ring substituents is 1. The van der Waals surface area contributed by atoms with E-state index in [1.165, 1.54) is 35.6 Å². The summed E-state index contributed by atoms with van der Waals surface area (Å²) in [4.78, 5) is 40.5. The minimum absolute atomic E-state index is 0.142. The molecular formula is C25H26N4O5S. The molecule has 2 atom stereocenters. The van der Waals surface area contributed by atoms with Crippen molar-refractivity contribution in [2.24, 2.45) is 0 Å². The van der Waals surface area contributed by atoms with Crippen molar-refractivity contribution in [2.45, 2.75) is 51.3 Å². The summed E-state index contributed by atoms with van der Waals surface area (Å²) in [5.41, 5.74) is 1.53.